The van der Waals surface area contributed by atoms with Crippen LogP contribution in [0.3, 0.4) is 0 Å². The lowest BCUT2D eigenvalue weighted by atomic mass is 9.82. The van der Waals surface area contributed by atoms with Crippen molar-refractivity contribution in [1.82, 2.24) is 10.2 Å². The summed E-state index contributed by atoms with van der Waals surface area (Å²) in [5, 5.41) is 3.50. The van der Waals surface area contributed by atoms with Crippen molar-refractivity contribution < 1.29 is 0 Å². The van der Waals surface area contributed by atoms with Crippen LogP contribution < -0.4 is 5.32 Å². The topological polar surface area (TPSA) is 15.3 Å². The molecule has 0 aliphatic heterocycles. The van der Waals surface area contributed by atoms with Crippen molar-refractivity contribution in [2.45, 2.75) is 44.6 Å². The summed E-state index contributed by atoms with van der Waals surface area (Å²) in [6.07, 6.45) is 8.54. The lowest BCUT2D eigenvalue weighted by Gasteiger charge is -2.30. The van der Waals surface area contributed by atoms with E-state index >= 15 is 0 Å². The molecule has 0 aromatic carbocycles. The van der Waals surface area contributed by atoms with Crippen LogP contribution in [-0.2, 0) is 0 Å². The number of nitrogens with one attached hydrogen (secondary N) is 1. The van der Waals surface area contributed by atoms with Gasteiger partial charge >= 0.3 is 0 Å². The molecule has 0 amide bonds. The van der Waals surface area contributed by atoms with Gasteiger partial charge in [-0.05, 0) is 52.9 Å². The molecule has 1 N–H and O–H groups in total. The molecule has 1 unspecified atom stereocenters. The second-order valence-electron chi connectivity index (χ2n) is 4.89. The number of hydrogen-bond donors (Lipinski definition) is 1. The summed E-state index contributed by atoms with van der Waals surface area (Å²) >= 11 is 0. The van der Waals surface area contributed by atoms with E-state index in [1.165, 1.54) is 45.1 Å². The molecule has 0 saturated heterocycles. The van der Waals surface area contributed by atoms with Crippen molar-refractivity contribution in [3.8, 4) is 0 Å². The normalized spacial score (nSPS) is 21.4. The van der Waals surface area contributed by atoms with Gasteiger partial charge in [-0.1, -0.05) is 19.3 Å². The van der Waals surface area contributed by atoms with E-state index in [0.717, 1.165) is 12.0 Å². The Hall–Kier alpha value is -0.0800. The average molecular weight is 198 g/mol. The van der Waals surface area contributed by atoms with Gasteiger partial charge in [0.2, 0.25) is 0 Å². The zero-order chi connectivity index (χ0) is 10.4. The fourth-order valence-corrected chi connectivity index (χ4v) is 2.55. The van der Waals surface area contributed by atoms with Crippen LogP contribution in [0.5, 0.6) is 0 Å². The predicted octanol–water partition coefficient (Wildman–Crippen LogP) is 2.11. The van der Waals surface area contributed by atoms with Crippen molar-refractivity contribution in [2.24, 2.45) is 5.92 Å². The molecule has 1 rings (SSSR count). The summed E-state index contributed by atoms with van der Waals surface area (Å²) < 4.78 is 0. The van der Waals surface area contributed by atoms with Crippen LogP contribution in [0.4, 0.5) is 0 Å². The Kier molecular flexibility index (Phi) is 5.49. The second-order valence-corrected chi connectivity index (χ2v) is 4.89. The molecule has 0 aromatic rings. The molecule has 1 aliphatic rings. The van der Waals surface area contributed by atoms with E-state index in [1.807, 2.05) is 0 Å². The van der Waals surface area contributed by atoms with Crippen LogP contribution in [0.15, 0.2) is 0 Å². The van der Waals surface area contributed by atoms with Crippen LogP contribution in [-0.4, -0.2) is 38.6 Å². The molecule has 84 valence electrons. The van der Waals surface area contributed by atoms with Crippen molar-refractivity contribution in [3.05, 3.63) is 0 Å². The van der Waals surface area contributed by atoms with E-state index in [9.17, 15) is 0 Å². The lowest BCUT2D eigenvalue weighted by Crippen LogP contribution is -2.37. The fraction of sp³-hybridized carbons (Fsp3) is 1.00. The molecule has 2 heteroatoms. The molecule has 1 aliphatic carbocycles. The highest BCUT2D eigenvalue weighted by Gasteiger charge is 2.21. The maximum atomic E-state index is 3.50. The number of hydrogen-bond acceptors (Lipinski definition) is 2. The van der Waals surface area contributed by atoms with E-state index in [0.29, 0.717) is 0 Å². The molecule has 0 spiro atoms. The molecule has 1 saturated carbocycles. The summed E-state index contributed by atoms with van der Waals surface area (Å²) in [5.74, 6) is 0.939. The van der Waals surface area contributed by atoms with Gasteiger partial charge < -0.3 is 10.2 Å². The smallest absolute Gasteiger partial charge is 0.0104 e. The van der Waals surface area contributed by atoms with Gasteiger partial charge in [0.05, 0.1) is 0 Å². The predicted molar refractivity (Wildman–Crippen MR) is 62.6 cm³/mol. The zero-order valence-corrected chi connectivity index (χ0v) is 10.1. The van der Waals surface area contributed by atoms with Crippen molar-refractivity contribution in [3.63, 3.8) is 0 Å². The first-order valence-electron chi connectivity index (χ1n) is 6.06. The Labute approximate surface area is 89.1 Å². The van der Waals surface area contributed by atoms with Crippen LogP contribution in [0.1, 0.15) is 38.5 Å². The summed E-state index contributed by atoms with van der Waals surface area (Å²) in [4.78, 5) is 2.28. The zero-order valence-electron chi connectivity index (χ0n) is 10.1. The molecule has 14 heavy (non-hydrogen) atoms. The van der Waals surface area contributed by atoms with Gasteiger partial charge in [0.15, 0.2) is 0 Å². The van der Waals surface area contributed by atoms with Gasteiger partial charge in [-0.2, -0.15) is 0 Å². The minimum Gasteiger partial charge on any atom is -0.317 e. The van der Waals surface area contributed by atoms with E-state index in [1.54, 1.807) is 0 Å². The van der Waals surface area contributed by atoms with Gasteiger partial charge in [0.1, 0.15) is 0 Å². The van der Waals surface area contributed by atoms with Gasteiger partial charge in [0.25, 0.3) is 0 Å². The van der Waals surface area contributed by atoms with Crippen molar-refractivity contribution in [1.29, 1.82) is 0 Å². The first kappa shape index (κ1) is 12.0. The minimum atomic E-state index is 0.748. The Morgan fingerprint density at radius 2 is 1.86 bits per heavy atom. The molecule has 0 heterocycles. The molecule has 0 radical (unpaired) electrons. The van der Waals surface area contributed by atoms with Gasteiger partial charge in [0, 0.05) is 6.04 Å². The first-order valence-corrected chi connectivity index (χ1v) is 6.06. The van der Waals surface area contributed by atoms with E-state index in [2.05, 4.69) is 31.4 Å². The van der Waals surface area contributed by atoms with Crippen LogP contribution >= 0.6 is 0 Å². The molecule has 0 bridgehead atoms. The molecule has 0 aromatic heterocycles. The minimum absolute atomic E-state index is 0.748. The van der Waals surface area contributed by atoms with Crippen molar-refractivity contribution in [2.75, 3.05) is 27.7 Å². The average Bonchev–Trinajstić information content (AvgIpc) is 2.20. The third-order valence-electron chi connectivity index (χ3n) is 3.48. The molecular weight excluding hydrogens is 172 g/mol. The van der Waals surface area contributed by atoms with E-state index in [4.69, 9.17) is 0 Å². The highest BCUT2D eigenvalue weighted by atomic mass is 15.1. The fourth-order valence-electron chi connectivity index (χ4n) is 2.55. The summed E-state index contributed by atoms with van der Waals surface area (Å²) in [6, 6.07) is 0.748. The van der Waals surface area contributed by atoms with Gasteiger partial charge in [-0.15, -0.1) is 0 Å². The lowest BCUT2D eigenvalue weighted by molar-refractivity contribution is 0.248. The van der Waals surface area contributed by atoms with Crippen LogP contribution in [0.2, 0.25) is 0 Å². The third-order valence-corrected chi connectivity index (χ3v) is 3.48. The van der Waals surface area contributed by atoms with Gasteiger partial charge in [-0.3, -0.25) is 0 Å². The Morgan fingerprint density at radius 1 is 1.21 bits per heavy atom. The Balaban J connectivity index is 2.28. The summed E-state index contributed by atoms with van der Waals surface area (Å²) in [6.45, 7) is 1.21. The first-order chi connectivity index (χ1) is 6.74. The summed E-state index contributed by atoms with van der Waals surface area (Å²) in [7, 11) is 6.44. The standard InChI is InChI=1S/C12H26N2/c1-13-12(9-10-14(2)3)11-7-5-4-6-8-11/h11-13H,4-10H2,1-3H3. The Bertz CT molecular complexity index is 139. The van der Waals surface area contributed by atoms with E-state index in [-0.39, 0.29) is 0 Å². The van der Waals surface area contributed by atoms with Crippen LogP contribution in [0, 0.1) is 5.92 Å². The highest BCUT2D eigenvalue weighted by Crippen LogP contribution is 2.27. The second kappa shape index (κ2) is 6.41. The third kappa shape index (κ3) is 3.97. The van der Waals surface area contributed by atoms with Crippen molar-refractivity contribution >= 4 is 0 Å². The summed E-state index contributed by atoms with van der Waals surface area (Å²) in [5.41, 5.74) is 0. The molecular formula is C12H26N2. The van der Waals surface area contributed by atoms with Gasteiger partial charge in [-0.25, -0.2) is 0 Å². The number of nitrogens with zero attached hydrogens (tertiary/aromatic N) is 1. The SMILES string of the molecule is CNC(CCN(C)C)C1CCCCC1. The quantitative estimate of drug-likeness (QED) is 0.728. The maximum Gasteiger partial charge on any atom is 0.0104 e. The number of rotatable bonds is 5. The molecule has 2 nitrogen and oxygen atoms in total. The van der Waals surface area contributed by atoms with Crippen LogP contribution in [0.25, 0.3) is 0 Å². The largest absolute Gasteiger partial charge is 0.317 e. The molecule has 1 fully saturated rings. The maximum absolute atomic E-state index is 3.50. The molecule has 1 atom stereocenters. The van der Waals surface area contributed by atoms with E-state index < -0.39 is 0 Å². The monoisotopic (exact) mass is 198 g/mol. The highest BCUT2D eigenvalue weighted by molar-refractivity contribution is 4.78. The Morgan fingerprint density at radius 3 is 2.36 bits per heavy atom.